The van der Waals surface area contributed by atoms with E-state index in [0.717, 1.165) is 0 Å². The minimum Gasteiger partial charge on any atom is -0.459 e. The minimum atomic E-state index is -1.59. The van der Waals surface area contributed by atoms with E-state index >= 15 is 0 Å². The van der Waals surface area contributed by atoms with Crippen molar-refractivity contribution < 1.29 is 38.2 Å². The zero-order valence-electron chi connectivity index (χ0n) is 16.8. The molecular weight excluding hydrogens is 400 g/mol. The Labute approximate surface area is 171 Å². The first-order valence-electron chi connectivity index (χ1n) is 9.91. The number of carbonyl (C=O) groups excluding carboxylic acids is 2. The lowest BCUT2D eigenvalue weighted by atomic mass is 9.46. The second kappa shape index (κ2) is 5.49. The molecule has 0 aromatic heterocycles. The van der Waals surface area contributed by atoms with Gasteiger partial charge in [-0.25, -0.2) is 4.79 Å². The number of aliphatic hydroxyl groups is 2. The fourth-order valence-corrected chi connectivity index (χ4v) is 7.77. The summed E-state index contributed by atoms with van der Waals surface area (Å²) in [6.07, 6.45) is 0.750. The highest BCUT2D eigenvalue weighted by Crippen LogP contribution is 2.73. The van der Waals surface area contributed by atoms with Crippen molar-refractivity contribution in [2.75, 3.05) is 12.0 Å². The van der Waals surface area contributed by atoms with E-state index in [2.05, 4.69) is 0 Å². The molecule has 9 heteroatoms. The van der Waals surface area contributed by atoms with Crippen LogP contribution in [0, 0.1) is 16.7 Å². The molecule has 3 aliphatic heterocycles. The first-order valence-corrected chi connectivity index (χ1v) is 11.6. The molecule has 0 aromatic rings. The van der Waals surface area contributed by atoms with E-state index in [0.29, 0.717) is 18.4 Å². The van der Waals surface area contributed by atoms with Gasteiger partial charge in [-0.15, -0.1) is 0 Å². The van der Waals surface area contributed by atoms with Crippen LogP contribution in [0.2, 0.25) is 0 Å². The van der Waals surface area contributed by atoms with Gasteiger partial charge in [0.05, 0.1) is 17.3 Å². The third kappa shape index (κ3) is 2.17. The van der Waals surface area contributed by atoms with Crippen molar-refractivity contribution in [3.8, 4) is 0 Å². The van der Waals surface area contributed by atoms with Gasteiger partial charge in [0, 0.05) is 29.0 Å². The molecule has 4 fully saturated rings. The van der Waals surface area contributed by atoms with Crippen molar-refractivity contribution in [3.63, 3.8) is 0 Å². The first kappa shape index (κ1) is 19.7. The molecule has 0 bridgehead atoms. The maximum atomic E-state index is 12.8. The molecule has 2 aliphatic carbocycles. The van der Waals surface area contributed by atoms with E-state index < -0.39 is 69.2 Å². The SMILES string of the molecule is C[S@@](=O)C[C@](C)(O)[C@H]1OC(=O)C=C2[C@@]13O[C@@H]3[C@H]1OC(=O)[C@@]3(C)[C@@H](O)CC[C@@]2(C)[C@@H]13. The summed E-state index contributed by atoms with van der Waals surface area (Å²) in [5, 5.41) is 21.8. The number of epoxide rings is 1. The average Bonchev–Trinajstić information content (AvgIpc) is 3.26. The van der Waals surface area contributed by atoms with E-state index in [4.69, 9.17) is 14.2 Å². The Morgan fingerprint density at radius 3 is 2.66 bits per heavy atom. The van der Waals surface area contributed by atoms with Crippen LogP contribution in [0.4, 0.5) is 0 Å². The summed E-state index contributed by atoms with van der Waals surface area (Å²) < 4.78 is 29.3. The topological polar surface area (TPSA) is 123 Å². The van der Waals surface area contributed by atoms with Gasteiger partial charge in [0.25, 0.3) is 0 Å². The smallest absolute Gasteiger partial charge is 0.331 e. The largest absolute Gasteiger partial charge is 0.459 e. The summed E-state index contributed by atoms with van der Waals surface area (Å²) in [6.45, 7) is 5.20. The molecule has 8 nitrogen and oxygen atoms in total. The number of hydrogen-bond donors (Lipinski definition) is 2. The Morgan fingerprint density at radius 2 is 2.00 bits per heavy atom. The number of rotatable bonds is 3. The molecule has 5 aliphatic rings. The Morgan fingerprint density at radius 1 is 1.31 bits per heavy atom. The van der Waals surface area contributed by atoms with Gasteiger partial charge in [-0.1, -0.05) is 6.92 Å². The highest BCUT2D eigenvalue weighted by atomic mass is 32.2. The normalized spacial score (nSPS) is 52.8. The minimum absolute atomic E-state index is 0.0862. The number of hydrogen-bond acceptors (Lipinski definition) is 8. The van der Waals surface area contributed by atoms with Crippen LogP contribution in [0.25, 0.3) is 0 Å². The Hall–Kier alpha value is -1.29. The maximum absolute atomic E-state index is 12.8. The van der Waals surface area contributed by atoms with Crippen molar-refractivity contribution in [2.24, 2.45) is 16.7 Å². The maximum Gasteiger partial charge on any atom is 0.331 e. The molecule has 10 atom stereocenters. The zero-order chi connectivity index (χ0) is 21.1. The first-order chi connectivity index (χ1) is 13.4. The molecule has 0 radical (unpaired) electrons. The van der Waals surface area contributed by atoms with Crippen LogP contribution < -0.4 is 0 Å². The number of esters is 2. The van der Waals surface area contributed by atoms with Crippen LogP contribution in [0.5, 0.6) is 0 Å². The van der Waals surface area contributed by atoms with E-state index in [-0.39, 0.29) is 11.7 Å². The molecule has 29 heavy (non-hydrogen) atoms. The Balaban J connectivity index is 1.67. The molecule has 0 unspecified atom stereocenters. The highest BCUT2D eigenvalue weighted by molar-refractivity contribution is 7.84. The van der Waals surface area contributed by atoms with Gasteiger partial charge >= 0.3 is 11.9 Å². The van der Waals surface area contributed by atoms with Crippen molar-refractivity contribution in [3.05, 3.63) is 11.6 Å². The molecule has 1 spiro atoms. The van der Waals surface area contributed by atoms with Crippen LogP contribution in [0.3, 0.4) is 0 Å². The predicted molar refractivity (Wildman–Crippen MR) is 99.9 cm³/mol. The van der Waals surface area contributed by atoms with Gasteiger partial charge in [0.15, 0.2) is 11.7 Å². The molecule has 160 valence electrons. The molecular formula is C20H26O8S. The molecule has 3 heterocycles. The van der Waals surface area contributed by atoms with Gasteiger partial charge in [-0.3, -0.25) is 9.00 Å². The lowest BCUT2D eigenvalue weighted by molar-refractivity contribution is -0.170. The van der Waals surface area contributed by atoms with Crippen molar-refractivity contribution in [2.45, 2.75) is 69.2 Å². The fourth-order valence-electron chi connectivity index (χ4n) is 6.80. The molecule has 0 amide bonds. The standard InChI is InChI=1S/C20H26O8S/c1-17-6-5-10(21)19(3)13(17)12(27-16(19)23)14-20(28-14)9(17)7-11(22)26-15(20)18(2,24)8-29(4)25/h7,10,12-15,21,24H,5-6,8H2,1-4H3/t10-,12-,13+,14+,15+,17+,18-,19-,20-,29+/m0/s1. The lowest BCUT2D eigenvalue weighted by Gasteiger charge is -2.56. The zero-order valence-corrected chi connectivity index (χ0v) is 17.7. The van der Waals surface area contributed by atoms with E-state index in [9.17, 15) is 24.0 Å². The Kier molecular flexibility index (Phi) is 3.72. The van der Waals surface area contributed by atoms with Crippen molar-refractivity contribution in [1.82, 2.24) is 0 Å². The monoisotopic (exact) mass is 426 g/mol. The van der Waals surface area contributed by atoms with E-state index in [1.165, 1.54) is 19.3 Å². The highest BCUT2D eigenvalue weighted by Gasteiger charge is 2.85. The molecule has 2 saturated heterocycles. The predicted octanol–water partition coefficient (Wildman–Crippen LogP) is -0.172. The van der Waals surface area contributed by atoms with E-state index in [1.807, 2.05) is 6.92 Å². The van der Waals surface area contributed by atoms with Gasteiger partial charge < -0.3 is 24.4 Å². The van der Waals surface area contributed by atoms with Crippen LogP contribution in [0.1, 0.15) is 33.6 Å². The summed E-state index contributed by atoms with van der Waals surface area (Å²) in [5.41, 5.74) is -3.73. The number of ether oxygens (including phenoxy) is 3. The van der Waals surface area contributed by atoms with Crippen LogP contribution in [0.15, 0.2) is 11.6 Å². The number of fused-ring (bicyclic) bond motifs is 2. The number of aliphatic hydroxyl groups excluding tert-OH is 1. The third-order valence-corrected chi connectivity index (χ3v) is 8.93. The summed E-state index contributed by atoms with van der Waals surface area (Å²) in [5.74, 6) is -1.49. The van der Waals surface area contributed by atoms with Crippen molar-refractivity contribution >= 4 is 22.7 Å². The van der Waals surface area contributed by atoms with Gasteiger partial charge in [0.2, 0.25) is 0 Å². The Bertz CT molecular complexity index is 882. The van der Waals surface area contributed by atoms with Crippen LogP contribution >= 0.6 is 0 Å². The summed E-state index contributed by atoms with van der Waals surface area (Å²) in [7, 11) is -1.33. The quantitative estimate of drug-likeness (QED) is 0.471. The molecule has 2 saturated carbocycles. The summed E-state index contributed by atoms with van der Waals surface area (Å²) in [6, 6.07) is 0. The number of carbonyl (C=O) groups is 2. The van der Waals surface area contributed by atoms with Crippen molar-refractivity contribution in [1.29, 1.82) is 0 Å². The van der Waals surface area contributed by atoms with Gasteiger partial charge in [-0.05, 0) is 37.7 Å². The second-order valence-electron chi connectivity index (χ2n) is 9.88. The molecule has 2 N–H and O–H groups in total. The molecule has 5 rings (SSSR count). The van der Waals surface area contributed by atoms with E-state index in [1.54, 1.807) is 6.92 Å². The second-order valence-corrected chi connectivity index (χ2v) is 11.3. The third-order valence-electron chi connectivity index (χ3n) is 7.94. The van der Waals surface area contributed by atoms with Crippen LogP contribution in [-0.2, 0) is 34.6 Å². The van der Waals surface area contributed by atoms with Gasteiger partial charge in [-0.2, -0.15) is 0 Å². The van der Waals surface area contributed by atoms with Gasteiger partial charge in [0.1, 0.15) is 17.8 Å². The average molecular weight is 426 g/mol. The van der Waals surface area contributed by atoms with Crippen LogP contribution in [-0.4, -0.2) is 74.0 Å². The fraction of sp³-hybridized carbons (Fsp3) is 0.800. The number of cyclic esters (lactones) is 1. The molecule has 0 aromatic carbocycles. The summed E-state index contributed by atoms with van der Waals surface area (Å²) in [4.78, 5) is 25.4. The lowest BCUT2D eigenvalue weighted by Crippen LogP contribution is -2.66. The summed E-state index contributed by atoms with van der Waals surface area (Å²) >= 11 is 0.